The monoisotopic (exact) mass is 663 g/mol. The maximum atomic E-state index is 14.1. The molecular formula is C32H27BrFN3O5S. The number of benzene rings is 4. The molecule has 0 heterocycles. The molecule has 0 spiro atoms. The van der Waals surface area contributed by atoms with Crippen LogP contribution in [-0.4, -0.2) is 37.7 Å². The van der Waals surface area contributed by atoms with E-state index >= 15 is 0 Å². The highest BCUT2D eigenvalue weighted by molar-refractivity contribution is 9.10. The van der Waals surface area contributed by atoms with Crippen molar-refractivity contribution in [3.8, 4) is 11.5 Å². The van der Waals surface area contributed by atoms with Gasteiger partial charge in [-0.3, -0.25) is 14.4 Å². The smallest absolute Gasteiger partial charge is 0.272 e. The summed E-state index contributed by atoms with van der Waals surface area (Å²) in [6, 6.07) is 24.9. The van der Waals surface area contributed by atoms with Crippen LogP contribution in [0.2, 0.25) is 0 Å². The van der Waals surface area contributed by atoms with Crippen LogP contribution in [0.4, 0.5) is 15.8 Å². The average molecular weight is 665 g/mol. The van der Waals surface area contributed by atoms with Crippen molar-refractivity contribution in [1.82, 2.24) is 5.32 Å². The predicted molar refractivity (Wildman–Crippen MR) is 170 cm³/mol. The lowest BCUT2D eigenvalue weighted by atomic mass is 10.1. The Morgan fingerprint density at radius 2 is 1.67 bits per heavy atom. The van der Waals surface area contributed by atoms with Gasteiger partial charge in [-0.2, -0.15) is 0 Å². The molecule has 0 saturated carbocycles. The fourth-order valence-electron chi connectivity index (χ4n) is 3.82. The maximum absolute atomic E-state index is 14.1. The molecule has 4 aromatic carbocycles. The van der Waals surface area contributed by atoms with Crippen LogP contribution in [0.5, 0.6) is 11.5 Å². The number of ether oxygens (including phenoxy) is 2. The van der Waals surface area contributed by atoms with Crippen LogP contribution in [0, 0.1) is 5.82 Å². The fourth-order valence-corrected chi connectivity index (χ4v) is 4.91. The quantitative estimate of drug-likeness (QED) is 0.121. The summed E-state index contributed by atoms with van der Waals surface area (Å²) in [5, 5.41) is 8.05. The van der Waals surface area contributed by atoms with E-state index in [9.17, 15) is 18.8 Å². The minimum Gasteiger partial charge on any atom is -0.497 e. The Hall–Kier alpha value is -4.61. The minimum atomic E-state index is -0.576. The first-order chi connectivity index (χ1) is 20.7. The van der Waals surface area contributed by atoms with Crippen molar-refractivity contribution >= 4 is 62.9 Å². The third kappa shape index (κ3) is 8.94. The number of methoxy groups -OCH3 is 2. The standard InChI is InChI=1S/C32H27BrFN3O5S/c1-41-24-13-11-21(29(18-24)42-2)15-28(37-31(39)20-7-4-3-5-8-20)32(40)35-23-9-6-10-25(17-23)43-19-30(38)36-27-14-12-22(33)16-26(27)34/h3-18H,19H2,1-2H3,(H,35,40)(H,36,38)(H,37,39)/b28-15+. The Labute approximate surface area is 260 Å². The molecule has 0 unspecified atom stereocenters. The lowest BCUT2D eigenvalue weighted by Crippen LogP contribution is -2.30. The number of nitrogens with one attached hydrogen (secondary N) is 3. The van der Waals surface area contributed by atoms with Crippen LogP contribution in [-0.2, 0) is 9.59 Å². The van der Waals surface area contributed by atoms with Gasteiger partial charge in [0.2, 0.25) is 5.91 Å². The van der Waals surface area contributed by atoms with Crippen molar-refractivity contribution in [2.75, 3.05) is 30.6 Å². The number of halogens is 2. The van der Waals surface area contributed by atoms with Gasteiger partial charge < -0.3 is 25.4 Å². The second-order valence-electron chi connectivity index (χ2n) is 8.93. The number of hydrogen-bond acceptors (Lipinski definition) is 6. The van der Waals surface area contributed by atoms with E-state index in [4.69, 9.17) is 9.47 Å². The molecule has 43 heavy (non-hydrogen) atoms. The number of carbonyl (C=O) groups excluding carboxylic acids is 3. The number of hydrogen-bond donors (Lipinski definition) is 3. The highest BCUT2D eigenvalue weighted by Gasteiger charge is 2.17. The largest absolute Gasteiger partial charge is 0.497 e. The summed E-state index contributed by atoms with van der Waals surface area (Å²) < 4.78 is 25.4. The van der Waals surface area contributed by atoms with Gasteiger partial charge in [-0.25, -0.2) is 4.39 Å². The Kier molecular flexibility index (Phi) is 11.0. The topological polar surface area (TPSA) is 106 Å². The normalized spacial score (nSPS) is 10.9. The van der Waals surface area contributed by atoms with Gasteiger partial charge in [-0.1, -0.05) is 40.2 Å². The summed E-state index contributed by atoms with van der Waals surface area (Å²) >= 11 is 4.40. The van der Waals surface area contributed by atoms with Gasteiger partial charge in [-0.05, 0) is 66.7 Å². The molecule has 0 aromatic heterocycles. The molecule has 0 aliphatic carbocycles. The second kappa shape index (κ2) is 15.0. The molecule has 3 amide bonds. The van der Waals surface area contributed by atoms with Crippen LogP contribution in [0.25, 0.3) is 6.08 Å². The molecule has 0 radical (unpaired) electrons. The van der Waals surface area contributed by atoms with Crippen LogP contribution >= 0.6 is 27.7 Å². The third-order valence-electron chi connectivity index (χ3n) is 5.94. The molecule has 0 bridgehead atoms. The molecular weight excluding hydrogens is 637 g/mol. The van der Waals surface area contributed by atoms with Gasteiger partial charge in [0.05, 0.1) is 25.7 Å². The fraction of sp³-hybridized carbons (Fsp3) is 0.0938. The van der Waals surface area contributed by atoms with Crippen LogP contribution in [0.15, 0.2) is 106 Å². The van der Waals surface area contributed by atoms with Crippen molar-refractivity contribution in [3.05, 3.63) is 118 Å². The second-order valence-corrected chi connectivity index (χ2v) is 10.9. The van der Waals surface area contributed by atoms with Gasteiger partial charge in [0, 0.05) is 32.2 Å². The van der Waals surface area contributed by atoms with E-state index in [2.05, 4.69) is 31.9 Å². The molecule has 220 valence electrons. The van der Waals surface area contributed by atoms with Gasteiger partial charge in [0.15, 0.2) is 0 Å². The van der Waals surface area contributed by atoms with Gasteiger partial charge in [0.1, 0.15) is 23.0 Å². The number of thioether (sulfide) groups is 1. The van der Waals surface area contributed by atoms with E-state index in [1.54, 1.807) is 78.9 Å². The Morgan fingerprint density at radius 1 is 0.884 bits per heavy atom. The van der Waals surface area contributed by atoms with Crippen molar-refractivity contribution in [1.29, 1.82) is 0 Å². The first kappa shape index (κ1) is 31.3. The van der Waals surface area contributed by atoms with E-state index in [-0.39, 0.29) is 23.0 Å². The zero-order chi connectivity index (χ0) is 30.8. The highest BCUT2D eigenvalue weighted by atomic mass is 79.9. The maximum Gasteiger partial charge on any atom is 0.272 e. The van der Waals surface area contributed by atoms with E-state index in [0.717, 1.165) is 0 Å². The Morgan fingerprint density at radius 3 is 2.40 bits per heavy atom. The summed E-state index contributed by atoms with van der Waals surface area (Å²) in [5.41, 5.74) is 1.42. The molecule has 11 heteroatoms. The summed E-state index contributed by atoms with van der Waals surface area (Å²) in [4.78, 5) is 39.6. The van der Waals surface area contributed by atoms with Crippen molar-refractivity contribution < 1.29 is 28.2 Å². The van der Waals surface area contributed by atoms with E-state index in [0.29, 0.717) is 37.7 Å². The van der Waals surface area contributed by atoms with Crippen LogP contribution < -0.4 is 25.4 Å². The van der Waals surface area contributed by atoms with Crippen molar-refractivity contribution in [2.45, 2.75) is 4.90 Å². The molecule has 0 saturated heterocycles. The first-order valence-electron chi connectivity index (χ1n) is 12.8. The predicted octanol–water partition coefficient (Wildman–Crippen LogP) is 6.75. The lowest BCUT2D eigenvalue weighted by Gasteiger charge is -2.13. The highest BCUT2D eigenvalue weighted by Crippen LogP contribution is 2.27. The van der Waals surface area contributed by atoms with E-state index < -0.39 is 17.6 Å². The number of amides is 3. The van der Waals surface area contributed by atoms with Gasteiger partial charge >= 0.3 is 0 Å². The number of carbonyl (C=O) groups is 3. The SMILES string of the molecule is COc1ccc(/C=C(/NC(=O)c2ccccc2)C(=O)Nc2cccc(SCC(=O)Nc3ccc(Br)cc3F)c2)c(OC)c1. The lowest BCUT2D eigenvalue weighted by molar-refractivity contribution is -0.114. The summed E-state index contributed by atoms with van der Waals surface area (Å²) in [6.45, 7) is 0. The van der Waals surface area contributed by atoms with E-state index in [1.807, 2.05) is 0 Å². The Balaban J connectivity index is 1.50. The minimum absolute atomic E-state index is 0.0163. The zero-order valence-electron chi connectivity index (χ0n) is 23.2. The number of rotatable bonds is 11. The summed E-state index contributed by atoms with van der Waals surface area (Å²) in [6.07, 6.45) is 1.51. The molecule has 3 N–H and O–H groups in total. The van der Waals surface area contributed by atoms with Crippen LogP contribution in [0.1, 0.15) is 15.9 Å². The molecule has 4 rings (SSSR count). The van der Waals surface area contributed by atoms with Crippen molar-refractivity contribution in [2.24, 2.45) is 0 Å². The first-order valence-corrected chi connectivity index (χ1v) is 14.6. The molecule has 4 aromatic rings. The summed E-state index contributed by atoms with van der Waals surface area (Å²) in [5.74, 6) is -0.949. The van der Waals surface area contributed by atoms with Crippen LogP contribution in [0.3, 0.4) is 0 Å². The van der Waals surface area contributed by atoms with Crippen molar-refractivity contribution in [3.63, 3.8) is 0 Å². The van der Waals surface area contributed by atoms with E-state index in [1.165, 1.54) is 44.2 Å². The Bertz CT molecular complexity index is 1670. The number of anilines is 2. The molecule has 8 nitrogen and oxygen atoms in total. The van der Waals surface area contributed by atoms with Gasteiger partial charge in [0.25, 0.3) is 11.8 Å². The average Bonchev–Trinajstić information content (AvgIpc) is 3.01. The molecule has 0 fully saturated rings. The molecule has 0 aliphatic heterocycles. The zero-order valence-corrected chi connectivity index (χ0v) is 25.6. The summed E-state index contributed by atoms with van der Waals surface area (Å²) in [7, 11) is 3.03. The third-order valence-corrected chi connectivity index (χ3v) is 7.42. The van der Waals surface area contributed by atoms with Gasteiger partial charge in [-0.15, -0.1) is 11.8 Å². The molecule has 0 atom stereocenters. The molecule has 0 aliphatic rings.